The standard InChI is InChI=1S/C14H22N2O2/c1-9(13(17)16-15)11-8-10(14(2,3)4)6-7-12(11)18-5/h6-9H,15H2,1-5H3,(H,16,17). The van der Waals surface area contributed by atoms with Crippen molar-refractivity contribution in [3.05, 3.63) is 29.3 Å². The van der Waals surface area contributed by atoms with E-state index in [2.05, 4.69) is 26.2 Å². The van der Waals surface area contributed by atoms with Crippen molar-refractivity contribution in [2.75, 3.05) is 7.11 Å². The molecule has 0 aliphatic heterocycles. The van der Waals surface area contributed by atoms with Crippen LogP contribution >= 0.6 is 0 Å². The molecular weight excluding hydrogens is 228 g/mol. The van der Waals surface area contributed by atoms with Crippen molar-refractivity contribution in [3.63, 3.8) is 0 Å². The van der Waals surface area contributed by atoms with Gasteiger partial charge in [-0.1, -0.05) is 32.9 Å². The van der Waals surface area contributed by atoms with Crippen molar-refractivity contribution in [1.82, 2.24) is 5.43 Å². The van der Waals surface area contributed by atoms with Gasteiger partial charge < -0.3 is 4.74 Å². The zero-order valence-electron chi connectivity index (χ0n) is 11.7. The monoisotopic (exact) mass is 250 g/mol. The Balaban J connectivity index is 3.26. The molecule has 0 aromatic heterocycles. The van der Waals surface area contributed by atoms with Gasteiger partial charge in [-0.25, -0.2) is 5.84 Å². The molecule has 1 rings (SSSR count). The molecule has 0 saturated heterocycles. The minimum absolute atomic E-state index is 0.0277. The fraction of sp³-hybridized carbons (Fsp3) is 0.500. The lowest BCUT2D eigenvalue weighted by atomic mass is 9.84. The van der Waals surface area contributed by atoms with Gasteiger partial charge in [-0.15, -0.1) is 0 Å². The third-order valence-corrected chi connectivity index (χ3v) is 3.10. The summed E-state index contributed by atoms with van der Waals surface area (Å²) in [4.78, 5) is 11.6. The number of hydrogen-bond donors (Lipinski definition) is 2. The average molecular weight is 250 g/mol. The summed E-state index contributed by atoms with van der Waals surface area (Å²) in [5.41, 5.74) is 4.22. The van der Waals surface area contributed by atoms with Crippen LogP contribution in [0.25, 0.3) is 0 Å². The highest BCUT2D eigenvalue weighted by atomic mass is 16.5. The van der Waals surface area contributed by atoms with Crippen molar-refractivity contribution in [3.8, 4) is 5.75 Å². The number of amides is 1. The Morgan fingerprint density at radius 3 is 2.44 bits per heavy atom. The first kappa shape index (κ1) is 14.5. The van der Waals surface area contributed by atoms with Gasteiger partial charge in [0.15, 0.2) is 0 Å². The molecule has 1 aromatic rings. The molecule has 3 N–H and O–H groups in total. The van der Waals surface area contributed by atoms with Gasteiger partial charge in [-0.05, 0) is 24.0 Å². The maximum absolute atomic E-state index is 11.6. The predicted octanol–water partition coefficient (Wildman–Crippen LogP) is 2.09. The molecule has 0 aliphatic carbocycles. The van der Waals surface area contributed by atoms with Crippen molar-refractivity contribution >= 4 is 5.91 Å². The summed E-state index contributed by atoms with van der Waals surface area (Å²) in [5, 5.41) is 0. The fourth-order valence-electron chi connectivity index (χ4n) is 1.81. The summed E-state index contributed by atoms with van der Waals surface area (Å²) >= 11 is 0. The van der Waals surface area contributed by atoms with Gasteiger partial charge in [0.2, 0.25) is 5.91 Å². The van der Waals surface area contributed by atoms with Crippen molar-refractivity contribution < 1.29 is 9.53 Å². The van der Waals surface area contributed by atoms with Crippen LogP contribution in [0.2, 0.25) is 0 Å². The zero-order chi connectivity index (χ0) is 13.9. The van der Waals surface area contributed by atoms with Crippen LogP contribution in [0, 0.1) is 0 Å². The molecule has 0 aliphatic rings. The number of carbonyl (C=O) groups excluding carboxylic acids is 1. The fourth-order valence-corrected chi connectivity index (χ4v) is 1.81. The minimum atomic E-state index is -0.341. The highest BCUT2D eigenvalue weighted by molar-refractivity contribution is 5.83. The van der Waals surface area contributed by atoms with Gasteiger partial charge in [0.05, 0.1) is 13.0 Å². The number of ether oxygens (including phenoxy) is 1. The second kappa shape index (κ2) is 5.40. The third-order valence-electron chi connectivity index (χ3n) is 3.10. The Labute approximate surface area is 108 Å². The Morgan fingerprint density at radius 1 is 1.39 bits per heavy atom. The molecule has 0 fully saturated rings. The van der Waals surface area contributed by atoms with Crippen molar-refractivity contribution in [1.29, 1.82) is 0 Å². The summed E-state index contributed by atoms with van der Waals surface area (Å²) in [5.74, 6) is 5.33. The molecule has 4 heteroatoms. The number of hydrazine groups is 1. The molecule has 1 amide bonds. The van der Waals surface area contributed by atoms with E-state index in [0.29, 0.717) is 5.75 Å². The first-order valence-electron chi connectivity index (χ1n) is 6.00. The molecule has 18 heavy (non-hydrogen) atoms. The third kappa shape index (κ3) is 3.01. The van der Waals surface area contributed by atoms with Crippen LogP contribution < -0.4 is 16.0 Å². The molecule has 1 unspecified atom stereocenters. The number of carbonyl (C=O) groups is 1. The summed E-state index contributed by atoms with van der Waals surface area (Å²) in [6, 6.07) is 5.93. The average Bonchev–Trinajstić information content (AvgIpc) is 2.35. The maximum atomic E-state index is 11.6. The first-order valence-corrected chi connectivity index (χ1v) is 6.00. The Bertz CT molecular complexity index is 436. The Kier molecular flexibility index (Phi) is 4.35. The van der Waals surface area contributed by atoms with E-state index in [4.69, 9.17) is 10.6 Å². The summed E-state index contributed by atoms with van der Waals surface area (Å²) in [7, 11) is 1.60. The molecule has 0 radical (unpaired) electrons. The van der Waals surface area contributed by atoms with E-state index < -0.39 is 0 Å². The van der Waals surface area contributed by atoms with Gasteiger partial charge in [-0.2, -0.15) is 0 Å². The van der Waals surface area contributed by atoms with Crippen LogP contribution in [-0.2, 0) is 10.2 Å². The lowest BCUT2D eigenvalue weighted by molar-refractivity contribution is -0.122. The molecule has 0 bridgehead atoms. The summed E-state index contributed by atoms with van der Waals surface area (Å²) < 4.78 is 5.31. The van der Waals surface area contributed by atoms with E-state index in [-0.39, 0.29) is 17.2 Å². The molecule has 0 spiro atoms. The predicted molar refractivity (Wildman–Crippen MR) is 72.4 cm³/mol. The molecular formula is C14H22N2O2. The lowest BCUT2D eigenvalue weighted by Crippen LogP contribution is -2.34. The number of hydrogen-bond acceptors (Lipinski definition) is 3. The van der Waals surface area contributed by atoms with Crippen LogP contribution in [0.15, 0.2) is 18.2 Å². The van der Waals surface area contributed by atoms with Gasteiger partial charge >= 0.3 is 0 Å². The molecule has 0 saturated carbocycles. The number of rotatable bonds is 3. The molecule has 0 heterocycles. The highest BCUT2D eigenvalue weighted by Gasteiger charge is 2.22. The first-order chi connectivity index (χ1) is 8.31. The number of nitrogens with two attached hydrogens (primary N) is 1. The van der Waals surface area contributed by atoms with E-state index in [0.717, 1.165) is 11.1 Å². The second-order valence-electron chi connectivity index (χ2n) is 5.44. The molecule has 1 aromatic carbocycles. The molecule has 100 valence electrons. The largest absolute Gasteiger partial charge is 0.496 e. The van der Waals surface area contributed by atoms with Gasteiger partial charge in [-0.3, -0.25) is 10.2 Å². The highest BCUT2D eigenvalue weighted by Crippen LogP contribution is 2.32. The smallest absolute Gasteiger partial charge is 0.241 e. The summed E-state index contributed by atoms with van der Waals surface area (Å²) in [6.07, 6.45) is 0. The van der Waals surface area contributed by atoms with E-state index >= 15 is 0 Å². The quantitative estimate of drug-likeness (QED) is 0.490. The lowest BCUT2D eigenvalue weighted by Gasteiger charge is -2.22. The summed E-state index contributed by atoms with van der Waals surface area (Å²) in [6.45, 7) is 8.21. The molecule has 4 nitrogen and oxygen atoms in total. The number of methoxy groups -OCH3 is 1. The van der Waals surface area contributed by atoms with E-state index in [1.165, 1.54) is 0 Å². The molecule has 1 atom stereocenters. The van der Waals surface area contributed by atoms with Crippen LogP contribution in [-0.4, -0.2) is 13.0 Å². The van der Waals surface area contributed by atoms with Crippen LogP contribution in [0.3, 0.4) is 0 Å². The van der Waals surface area contributed by atoms with E-state index in [1.807, 2.05) is 25.1 Å². The van der Waals surface area contributed by atoms with Crippen molar-refractivity contribution in [2.24, 2.45) is 5.84 Å². The maximum Gasteiger partial charge on any atom is 0.241 e. The van der Waals surface area contributed by atoms with E-state index in [9.17, 15) is 4.79 Å². The van der Waals surface area contributed by atoms with Crippen LogP contribution in [0.1, 0.15) is 44.7 Å². The van der Waals surface area contributed by atoms with Gasteiger partial charge in [0.25, 0.3) is 0 Å². The van der Waals surface area contributed by atoms with Gasteiger partial charge in [0, 0.05) is 5.56 Å². The van der Waals surface area contributed by atoms with Gasteiger partial charge in [0.1, 0.15) is 5.75 Å². The minimum Gasteiger partial charge on any atom is -0.496 e. The Morgan fingerprint density at radius 2 is 2.00 bits per heavy atom. The van der Waals surface area contributed by atoms with Crippen LogP contribution in [0.4, 0.5) is 0 Å². The second-order valence-corrected chi connectivity index (χ2v) is 5.44. The zero-order valence-corrected chi connectivity index (χ0v) is 11.7. The normalized spacial score (nSPS) is 13.0. The van der Waals surface area contributed by atoms with E-state index in [1.54, 1.807) is 7.11 Å². The SMILES string of the molecule is COc1ccc(C(C)(C)C)cc1C(C)C(=O)NN. The van der Waals surface area contributed by atoms with Crippen molar-refractivity contribution in [2.45, 2.75) is 39.0 Å². The topological polar surface area (TPSA) is 64.3 Å². The Hall–Kier alpha value is -1.55. The number of nitrogens with one attached hydrogen (secondary N) is 1. The number of benzene rings is 1. The van der Waals surface area contributed by atoms with Crippen LogP contribution in [0.5, 0.6) is 5.75 Å².